The fraction of sp³-hybridized carbons (Fsp3) is 0.294. The highest BCUT2D eigenvalue weighted by Crippen LogP contribution is 2.34. The highest BCUT2D eigenvalue weighted by Gasteiger charge is 2.22. The van der Waals surface area contributed by atoms with Gasteiger partial charge in [-0.3, -0.25) is 4.79 Å². The first kappa shape index (κ1) is 18.2. The number of anilines is 1. The van der Waals surface area contributed by atoms with E-state index in [1.165, 1.54) is 16.4 Å². The van der Waals surface area contributed by atoms with Gasteiger partial charge in [-0.05, 0) is 39.0 Å². The average molecular weight is 401 g/mol. The van der Waals surface area contributed by atoms with Crippen LogP contribution in [0.3, 0.4) is 0 Å². The molecule has 28 heavy (non-hydrogen) atoms. The molecule has 0 saturated heterocycles. The van der Waals surface area contributed by atoms with Crippen molar-refractivity contribution in [3.8, 4) is 17.4 Å². The van der Waals surface area contributed by atoms with E-state index in [9.17, 15) is 4.79 Å². The molecule has 146 valence electrons. The summed E-state index contributed by atoms with van der Waals surface area (Å²) >= 11 is 1.21. The predicted molar refractivity (Wildman–Crippen MR) is 103 cm³/mol. The van der Waals surface area contributed by atoms with Crippen molar-refractivity contribution in [1.29, 1.82) is 0 Å². The summed E-state index contributed by atoms with van der Waals surface area (Å²) in [5.41, 5.74) is 2.37. The molecule has 0 bridgehead atoms. The highest BCUT2D eigenvalue weighted by atomic mass is 32.2. The lowest BCUT2D eigenvalue weighted by atomic mass is 10.2. The fourth-order valence-electron chi connectivity index (χ4n) is 2.76. The molecule has 0 saturated carbocycles. The summed E-state index contributed by atoms with van der Waals surface area (Å²) in [6.07, 6.45) is 0. The van der Waals surface area contributed by atoms with Crippen LogP contribution in [0.1, 0.15) is 18.3 Å². The lowest BCUT2D eigenvalue weighted by Crippen LogP contribution is -2.24. The van der Waals surface area contributed by atoms with Crippen molar-refractivity contribution in [3.05, 3.63) is 35.7 Å². The number of fused-ring (bicyclic) bond motifs is 1. The summed E-state index contributed by atoms with van der Waals surface area (Å²) in [4.78, 5) is 12.5. The van der Waals surface area contributed by atoms with E-state index < -0.39 is 5.25 Å². The Balaban J connectivity index is 1.45. The first-order chi connectivity index (χ1) is 13.4. The molecule has 2 aromatic heterocycles. The minimum absolute atomic E-state index is 0.183. The normalized spacial score (nSPS) is 13.5. The van der Waals surface area contributed by atoms with Crippen LogP contribution in [0.4, 0.5) is 5.69 Å². The minimum atomic E-state index is -0.453. The van der Waals surface area contributed by atoms with Crippen molar-refractivity contribution in [2.24, 2.45) is 0 Å². The Hall–Kier alpha value is -3.21. The monoisotopic (exact) mass is 401 g/mol. The smallest absolute Gasteiger partial charge is 0.271 e. The zero-order valence-electron chi connectivity index (χ0n) is 15.5. The Bertz CT molecular complexity index is 1050. The van der Waals surface area contributed by atoms with Crippen LogP contribution in [-0.4, -0.2) is 42.6 Å². The molecule has 11 heteroatoms. The van der Waals surface area contributed by atoms with Gasteiger partial charge in [0.05, 0.1) is 10.9 Å². The van der Waals surface area contributed by atoms with Crippen LogP contribution in [0.5, 0.6) is 11.5 Å². The van der Waals surface area contributed by atoms with Gasteiger partial charge < -0.3 is 20.6 Å². The number of carbonyl (C=O) groups excluding carboxylic acids is 1. The summed E-state index contributed by atoms with van der Waals surface area (Å²) in [6.45, 7) is 5.75. The molecule has 3 heterocycles. The molecule has 10 nitrogen and oxygen atoms in total. The Morgan fingerprint density at radius 3 is 2.79 bits per heavy atom. The van der Waals surface area contributed by atoms with Gasteiger partial charge in [0.25, 0.3) is 5.95 Å². The third-order valence-corrected chi connectivity index (χ3v) is 5.19. The summed E-state index contributed by atoms with van der Waals surface area (Å²) < 4.78 is 13.5. The molecule has 3 aromatic rings. The van der Waals surface area contributed by atoms with E-state index in [0.717, 1.165) is 11.4 Å². The number of carbonyl (C=O) groups is 1. The zero-order valence-corrected chi connectivity index (χ0v) is 16.4. The van der Waals surface area contributed by atoms with Crippen LogP contribution in [0, 0.1) is 13.8 Å². The molecule has 1 atom stereocenters. The number of ether oxygens (including phenoxy) is 2. The number of benzene rings is 1. The number of nitrogen functional groups attached to an aromatic ring is 1. The molecule has 1 aliphatic heterocycles. The molecule has 1 aliphatic rings. The number of hydrogen-bond acceptors (Lipinski definition) is 8. The van der Waals surface area contributed by atoms with E-state index in [1.807, 2.05) is 19.9 Å². The van der Waals surface area contributed by atoms with Gasteiger partial charge in [-0.1, -0.05) is 11.8 Å². The quantitative estimate of drug-likeness (QED) is 0.489. The minimum Gasteiger partial charge on any atom is -0.454 e. The van der Waals surface area contributed by atoms with E-state index in [-0.39, 0.29) is 12.7 Å². The second-order valence-electron chi connectivity index (χ2n) is 6.31. The number of thioether (sulfide) groups is 1. The fourth-order valence-corrected chi connectivity index (χ4v) is 3.52. The van der Waals surface area contributed by atoms with Crippen LogP contribution >= 0.6 is 11.8 Å². The molecule has 0 fully saturated rings. The number of rotatable bonds is 5. The maximum Gasteiger partial charge on any atom is 0.271 e. The van der Waals surface area contributed by atoms with Crippen LogP contribution < -0.4 is 20.6 Å². The van der Waals surface area contributed by atoms with Crippen LogP contribution in [0.2, 0.25) is 0 Å². The van der Waals surface area contributed by atoms with Gasteiger partial charge >= 0.3 is 0 Å². The summed E-state index contributed by atoms with van der Waals surface area (Å²) in [5, 5.41) is 15.4. The van der Waals surface area contributed by atoms with Gasteiger partial charge in [0.2, 0.25) is 17.9 Å². The van der Waals surface area contributed by atoms with Crippen LogP contribution in [0.25, 0.3) is 5.95 Å². The molecule has 1 unspecified atom stereocenters. The Labute approximate surface area is 165 Å². The Kier molecular flexibility index (Phi) is 4.59. The van der Waals surface area contributed by atoms with Crippen LogP contribution in [0.15, 0.2) is 29.4 Å². The number of amides is 1. The maximum atomic E-state index is 12.5. The molecule has 0 radical (unpaired) electrons. The second kappa shape index (κ2) is 7.08. The van der Waals surface area contributed by atoms with E-state index in [1.54, 1.807) is 29.8 Å². The van der Waals surface area contributed by atoms with Gasteiger partial charge in [0.1, 0.15) is 0 Å². The second-order valence-corrected chi connectivity index (χ2v) is 7.62. The molecule has 4 rings (SSSR count). The van der Waals surface area contributed by atoms with Gasteiger partial charge in [0.15, 0.2) is 11.5 Å². The van der Waals surface area contributed by atoms with Gasteiger partial charge in [-0.15, -0.1) is 10.2 Å². The highest BCUT2D eigenvalue weighted by molar-refractivity contribution is 8.00. The maximum absolute atomic E-state index is 12.5. The number of nitrogens with zero attached hydrogens (tertiary/aromatic N) is 5. The van der Waals surface area contributed by atoms with Crippen LogP contribution in [-0.2, 0) is 4.79 Å². The average Bonchev–Trinajstić information content (AvgIpc) is 3.34. The lowest BCUT2D eigenvalue weighted by molar-refractivity contribution is -0.115. The first-order valence-corrected chi connectivity index (χ1v) is 9.41. The third-order valence-electron chi connectivity index (χ3n) is 4.14. The van der Waals surface area contributed by atoms with E-state index in [2.05, 4.69) is 20.6 Å². The van der Waals surface area contributed by atoms with Crippen molar-refractivity contribution < 1.29 is 14.3 Å². The largest absolute Gasteiger partial charge is 0.454 e. The molecule has 0 spiro atoms. The van der Waals surface area contributed by atoms with Crippen molar-refractivity contribution in [3.63, 3.8) is 0 Å². The van der Waals surface area contributed by atoms with E-state index >= 15 is 0 Å². The Morgan fingerprint density at radius 1 is 1.25 bits per heavy atom. The molecule has 0 aliphatic carbocycles. The molecule has 3 N–H and O–H groups in total. The SMILES string of the molecule is Cc1cc(C)n(-c2nnc(SC(C)C(=O)Nc3ccc4c(c3)OCO4)n2N)n1. The van der Waals surface area contributed by atoms with Crippen molar-refractivity contribution in [2.45, 2.75) is 31.2 Å². The Morgan fingerprint density at radius 2 is 2.04 bits per heavy atom. The molecular weight excluding hydrogens is 382 g/mol. The zero-order chi connectivity index (χ0) is 19.8. The lowest BCUT2D eigenvalue weighted by Gasteiger charge is -2.12. The number of hydrogen-bond donors (Lipinski definition) is 2. The van der Waals surface area contributed by atoms with E-state index in [4.69, 9.17) is 15.3 Å². The molecule has 1 amide bonds. The number of aryl methyl sites for hydroxylation is 2. The predicted octanol–water partition coefficient (Wildman–Crippen LogP) is 1.64. The van der Waals surface area contributed by atoms with Gasteiger partial charge in [0, 0.05) is 17.4 Å². The van der Waals surface area contributed by atoms with E-state index in [0.29, 0.717) is 28.3 Å². The standard InChI is InChI=1S/C17H19N7O3S/c1-9-6-10(2)24(22-9)16-20-21-17(23(16)18)28-11(3)15(25)19-12-4-5-13-14(7-12)27-8-26-13/h4-7,11H,8,18H2,1-3H3,(H,19,25). The summed E-state index contributed by atoms with van der Waals surface area (Å²) in [6, 6.07) is 7.16. The van der Waals surface area contributed by atoms with Crippen molar-refractivity contribution >= 4 is 23.4 Å². The van der Waals surface area contributed by atoms with Crippen molar-refractivity contribution in [1.82, 2.24) is 24.7 Å². The number of aromatic nitrogens is 5. The summed E-state index contributed by atoms with van der Waals surface area (Å²) in [7, 11) is 0. The number of nitrogens with one attached hydrogen (secondary N) is 1. The molecule has 1 aromatic carbocycles. The van der Waals surface area contributed by atoms with Gasteiger partial charge in [-0.25, -0.2) is 9.36 Å². The third kappa shape index (κ3) is 3.36. The summed E-state index contributed by atoms with van der Waals surface area (Å²) in [5.74, 6) is 7.58. The number of nitrogens with two attached hydrogens (primary N) is 1. The topological polar surface area (TPSA) is 122 Å². The van der Waals surface area contributed by atoms with Gasteiger partial charge in [-0.2, -0.15) is 5.10 Å². The van der Waals surface area contributed by atoms with Crippen molar-refractivity contribution in [2.75, 3.05) is 18.0 Å². The molecular formula is C17H19N7O3S. The first-order valence-electron chi connectivity index (χ1n) is 8.53.